The fourth-order valence-corrected chi connectivity index (χ4v) is 2.57. The monoisotopic (exact) mass is 355 g/mol. The maximum atomic E-state index is 12.3. The summed E-state index contributed by atoms with van der Waals surface area (Å²) in [5.74, 6) is -0.750. The normalized spacial score (nSPS) is 10.5. The van der Waals surface area contributed by atoms with Crippen molar-refractivity contribution in [3.05, 3.63) is 76.5 Å². The molecular weight excluding hydrogens is 342 g/mol. The minimum absolute atomic E-state index is 0.150. The summed E-state index contributed by atoms with van der Waals surface area (Å²) in [7, 11) is 0. The lowest BCUT2D eigenvalue weighted by Crippen LogP contribution is -2.12. The molecule has 0 saturated heterocycles. The van der Waals surface area contributed by atoms with Crippen molar-refractivity contribution in [1.82, 2.24) is 0 Å². The van der Waals surface area contributed by atoms with Gasteiger partial charge in [0.2, 0.25) is 0 Å². The molecule has 5 nitrogen and oxygen atoms in total. The summed E-state index contributed by atoms with van der Waals surface area (Å²) in [6, 6.07) is 14.9. The van der Waals surface area contributed by atoms with Gasteiger partial charge in [-0.2, -0.15) is 0 Å². The van der Waals surface area contributed by atoms with Crippen molar-refractivity contribution in [2.45, 2.75) is 6.92 Å². The highest BCUT2D eigenvalue weighted by atomic mass is 35.5. The number of hydrogen-bond donors (Lipinski definition) is 2. The number of benzene rings is 2. The van der Waals surface area contributed by atoms with Crippen LogP contribution in [-0.2, 0) is 0 Å². The molecule has 126 valence electrons. The molecule has 0 saturated carbocycles. The predicted octanol–water partition coefficient (Wildman–Crippen LogP) is 4.86. The number of halogens is 1. The van der Waals surface area contributed by atoms with Gasteiger partial charge in [0.1, 0.15) is 5.76 Å². The summed E-state index contributed by atoms with van der Waals surface area (Å²) in [6.07, 6.45) is 0. The van der Waals surface area contributed by atoms with Gasteiger partial charge in [0.25, 0.3) is 5.91 Å². The topological polar surface area (TPSA) is 79.5 Å². The number of anilines is 1. The third-order valence-electron chi connectivity index (χ3n) is 3.66. The minimum Gasteiger partial charge on any atom is -0.478 e. The largest absolute Gasteiger partial charge is 0.478 e. The minimum atomic E-state index is -1.02. The quantitative estimate of drug-likeness (QED) is 0.700. The Morgan fingerprint density at radius 3 is 2.56 bits per heavy atom. The Labute approximate surface area is 148 Å². The van der Waals surface area contributed by atoms with E-state index in [1.807, 2.05) is 6.07 Å². The Morgan fingerprint density at radius 2 is 1.88 bits per heavy atom. The molecule has 0 bridgehead atoms. The Bertz CT molecular complexity index is 962. The van der Waals surface area contributed by atoms with Crippen molar-refractivity contribution in [2.24, 2.45) is 0 Å². The summed E-state index contributed by atoms with van der Waals surface area (Å²) in [4.78, 5) is 23.3. The van der Waals surface area contributed by atoms with E-state index in [4.69, 9.17) is 21.1 Å². The lowest BCUT2D eigenvalue weighted by Gasteiger charge is -2.08. The first-order valence-electron chi connectivity index (χ1n) is 7.45. The summed E-state index contributed by atoms with van der Waals surface area (Å²) in [6.45, 7) is 1.72. The van der Waals surface area contributed by atoms with E-state index in [1.165, 1.54) is 12.1 Å². The van der Waals surface area contributed by atoms with Crippen LogP contribution in [0.1, 0.15) is 26.5 Å². The molecule has 0 spiro atoms. The van der Waals surface area contributed by atoms with Gasteiger partial charge in [0.05, 0.1) is 5.56 Å². The van der Waals surface area contributed by atoms with E-state index in [9.17, 15) is 9.59 Å². The Balaban J connectivity index is 1.79. The van der Waals surface area contributed by atoms with E-state index in [1.54, 1.807) is 43.3 Å². The van der Waals surface area contributed by atoms with Gasteiger partial charge in [-0.1, -0.05) is 23.7 Å². The smallest absolute Gasteiger partial charge is 0.335 e. The van der Waals surface area contributed by atoms with Crippen LogP contribution in [0, 0.1) is 6.92 Å². The fraction of sp³-hybridized carbons (Fsp3) is 0.0526. The molecule has 0 unspecified atom stereocenters. The zero-order valence-corrected chi connectivity index (χ0v) is 14.0. The molecule has 0 aliphatic rings. The molecule has 0 fully saturated rings. The lowest BCUT2D eigenvalue weighted by atomic mass is 10.1. The second-order valence-corrected chi connectivity index (χ2v) is 5.90. The molecule has 1 amide bonds. The third kappa shape index (κ3) is 3.72. The number of aromatic carboxylic acids is 1. The van der Waals surface area contributed by atoms with E-state index in [0.29, 0.717) is 22.0 Å². The molecule has 0 atom stereocenters. The van der Waals surface area contributed by atoms with Crippen LogP contribution < -0.4 is 5.32 Å². The van der Waals surface area contributed by atoms with Crippen LogP contribution >= 0.6 is 11.6 Å². The summed E-state index contributed by atoms with van der Waals surface area (Å²) in [5.41, 5.74) is 2.11. The molecule has 2 aromatic carbocycles. The molecule has 1 heterocycles. The van der Waals surface area contributed by atoms with Crippen LogP contribution in [0.25, 0.3) is 11.3 Å². The number of carbonyl (C=O) groups is 2. The van der Waals surface area contributed by atoms with Gasteiger partial charge < -0.3 is 14.8 Å². The number of hydrogen-bond acceptors (Lipinski definition) is 3. The van der Waals surface area contributed by atoms with Gasteiger partial charge in [-0.25, -0.2) is 4.79 Å². The van der Waals surface area contributed by atoms with Crippen LogP contribution in [0.2, 0.25) is 5.02 Å². The average molecular weight is 356 g/mol. The molecule has 3 rings (SSSR count). The molecule has 6 heteroatoms. The third-order valence-corrected chi connectivity index (χ3v) is 3.90. The number of amides is 1. The SMILES string of the molecule is Cc1cc(C(=O)O)ccc1NC(=O)c1ccc(-c2cccc(Cl)c2)o1. The van der Waals surface area contributed by atoms with Gasteiger partial charge in [-0.15, -0.1) is 0 Å². The zero-order chi connectivity index (χ0) is 18.0. The first kappa shape index (κ1) is 16.8. The number of rotatable bonds is 4. The van der Waals surface area contributed by atoms with Gasteiger partial charge in [0, 0.05) is 16.3 Å². The molecule has 1 aromatic heterocycles. The van der Waals surface area contributed by atoms with E-state index >= 15 is 0 Å². The van der Waals surface area contributed by atoms with E-state index in [-0.39, 0.29) is 11.3 Å². The number of aryl methyl sites for hydroxylation is 1. The van der Waals surface area contributed by atoms with Crippen molar-refractivity contribution in [3.63, 3.8) is 0 Å². The van der Waals surface area contributed by atoms with E-state index < -0.39 is 11.9 Å². The van der Waals surface area contributed by atoms with Crippen LogP contribution in [0.3, 0.4) is 0 Å². The summed E-state index contributed by atoms with van der Waals surface area (Å²) in [5, 5.41) is 12.3. The maximum absolute atomic E-state index is 12.3. The van der Waals surface area contributed by atoms with Gasteiger partial charge >= 0.3 is 5.97 Å². The van der Waals surface area contributed by atoms with E-state index in [0.717, 1.165) is 5.56 Å². The van der Waals surface area contributed by atoms with E-state index in [2.05, 4.69) is 5.32 Å². The molecule has 0 radical (unpaired) electrons. The van der Waals surface area contributed by atoms with Crippen molar-refractivity contribution < 1.29 is 19.1 Å². The number of nitrogens with one attached hydrogen (secondary N) is 1. The predicted molar refractivity (Wildman–Crippen MR) is 95.2 cm³/mol. The van der Waals surface area contributed by atoms with Crippen LogP contribution in [0.5, 0.6) is 0 Å². The Hall–Kier alpha value is -3.05. The highest BCUT2D eigenvalue weighted by molar-refractivity contribution is 6.30. The van der Waals surface area contributed by atoms with Crippen LogP contribution in [0.15, 0.2) is 59.0 Å². The van der Waals surface area contributed by atoms with Crippen LogP contribution in [0.4, 0.5) is 5.69 Å². The van der Waals surface area contributed by atoms with Gasteiger partial charge in [-0.05, 0) is 55.0 Å². The number of carboxylic acid groups (broad SMARTS) is 1. The van der Waals surface area contributed by atoms with Gasteiger partial charge in [-0.3, -0.25) is 4.79 Å². The van der Waals surface area contributed by atoms with Crippen molar-refractivity contribution in [3.8, 4) is 11.3 Å². The molecule has 3 aromatic rings. The fourth-order valence-electron chi connectivity index (χ4n) is 2.38. The highest BCUT2D eigenvalue weighted by Gasteiger charge is 2.14. The number of carboxylic acids is 1. The summed E-state index contributed by atoms with van der Waals surface area (Å²) < 4.78 is 5.60. The van der Waals surface area contributed by atoms with Crippen LogP contribution in [-0.4, -0.2) is 17.0 Å². The van der Waals surface area contributed by atoms with Gasteiger partial charge in [0.15, 0.2) is 5.76 Å². The van der Waals surface area contributed by atoms with Crippen molar-refractivity contribution >= 4 is 29.2 Å². The maximum Gasteiger partial charge on any atom is 0.335 e. The lowest BCUT2D eigenvalue weighted by molar-refractivity contribution is 0.0696. The Morgan fingerprint density at radius 1 is 1.08 bits per heavy atom. The second kappa shape index (κ2) is 6.83. The number of furan rings is 1. The molecule has 25 heavy (non-hydrogen) atoms. The first-order valence-corrected chi connectivity index (χ1v) is 7.83. The first-order chi connectivity index (χ1) is 11.9. The summed E-state index contributed by atoms with van der Waals surface area (Å²) >= 11 is 5.96. The molecule has 0 aliphatic heterocycles. The van der Waals surface area contributed by atoms with Crippen molar-refractivity contribution in [2.75, 3.05) is 5.32 Å². The van der Waals surface area contributed by atoms with Crippen molar-refractivity contribution in [1.29, 1.82) is 0 Å². The number of carbonyl (C=O) groups excluding carboxylic acids is 1. The molecule has 2 N–H and O–H groups in total. The zero-order valence-electron chi connectivity index (χ0n) is 13.2. The standard InChI is InChI=1S/C19H14ClNO4/c1-11-9-13(19(23)24)5-6-15(11)21-18(22)17-8-7-16(25-17)12-3-2-4-14(20)10-12/h2-10H,1H3,(H,21,22)(H,23,24). The molecule has 0 aliphatic carbocycles. The average Bonchev–Trinajstić information content (AvgIpc) is 3.06. The second-order valence-electron chi connectivity index (χ2n) is 5.46. The Kier molecular flexibility index (Phi) is 4.59. The molecular formula is C19H14ClNO4. The highest BCUT2D eigenvalue weighted by Crippen LogP contribution is 2.25.